The number of likely N-dealkylation sites (tertiary alicyclic amines) is 1. The molecule has 2 aliphatic rings. The number of rotatable bonds is 3. The van der Waals surface area contributed by atoms with E-state index in [4.69, 9.17) is 0 Å². The van der Waals surface area contributed by atoms with Crippen molar-refractivity contribution in [1.82, 2.24) is 15.1 Å². The molecule has 4 nitrogen and oxygen atoms in total. The maximum atomic E-state index is 11.7. The van der Waals surface area contributed by atoms with E-state index in [0.717, 1.165) is 37.0 Å². The fourth-order valence-corrected chi connectivity index (χ4v) is 5.39. The first-order valence-corrected chi connectivity index (χ1v) is 10.2. The highest BCUT2D eigenvalue weighted by molar-refractivity contribution is 5.81. The lowest BCUT2D eigenvalue weighted by molar-refractivity contribution is -0.123. The average Bonchev–Trinajstić information content (AvgIpc) is 3.14. The summed E-state index contributed by atoms with van der Waals surface area (Å²) in [6.07, 6.45) is 5.55. The second-order valence-electron chi connectivity index (χ2n) is 8.19. The second-order valence-corrected chi connectivity index (χ2v) is 8.19. The molecule has 2 aromatic carbocycles. The molecule has 0 amide bonds. The molecule has 0 spiro atoms. The van der Waals surface area contributed by atoms with E-state index in [2.05, 4.69) is 45.4 Å². The molecule has 3 unspecified atom stereocenters. The third kappa shape index (κ3) is 2.88. The molecule has 0 radical (unpaired) electrons. The number of piperidine rings is 1. The molecule has 3 aromatic rings. The van der Waals surface area contributed by atoms with Crippen molar-refractivity contribution < 1.29 is 5.11 Å². The minimum absolute atomic E-state index is 0.302. The Hall–Kier alpha value is -2.17. The summed E-state index contributed by atoms with van der Waals surface area (Å²) in [6.45, 7) is 1.80. The van der Waals surface area contributed by atoms with E-state index in [1.807, 2.05) is 24.3 Å². The van der Waals surface area contributed by atoms with Gasteiger partial charge in [-0.3, -0.25) is 10.00 Å². The zero-order valence-electron chi connectivity index (χ0n) is 15.6. The van der Waals surface area contributed by atoms with Gasteiger partial charge in [0.15, 0.2) is 0 Å². The van der Waals surface area contributed by atoms with Gasteiger partial charge in [-0.25, -0.2) is 0 Å². The van der Waals surface area contributed by atoms with Crippen LogP contribution in [0.15, 0.2) is 54.6 Å². The summed E-state index contributed by atoms with van der Waals surface area (Å²) in [6, 6.07) is 19.1. The summed E-state index contributed by atoms with van der Waals surface area (Å²) in [7, 11) is 0. The summed E-state index contributed by atoms with van der Waals surface area (Å²) in [4.78, 5) is 2.58. The molecule has 1 aliphatic carbocycles. The molecule has 2 fully saturated rings. The Kier molecular flexibility index (Phi) is 4.25. The van der Waals surface area contributed by atoms with Crippen LogP contribution in [0.3, 0.4) is 0 Å². The molecule has 1 saturated carbocycles. The standard InChI is InChI=1S/C23H27N3O/c27-23(17-8-2-1-3-9-17)14-15-26(22-13-7-5-11-19(22)23)16-21-18-10-4-6-12-20(18)24-25-21/h1-4,6,8-10,12,19,22,27H,5,7,11,13-16H2,(H,24,25). The molecule has 140 valence electrons. The monoisotopic (exact) mass is 361 g/mol. The molecule has 5 rings (SSSR count). The summed E-state index contributed by atoms with van der Waals surface area (Å²) in [5.74, 6) is 0.302. The number of fused-ring (bicyclic) bond motifs is 2. The van der Waals surface area contributed by atoms with Gasteiger partial charge in [-0.05, 0) is 30.9 Å². The van der Waals surface area contributed by atoms with Crippen LogP contribution in [0.25, 0.3) is 10.9 Å². The van der Waals surface area contributed by atoms with Gasteiger partial charge in [0.2, 0.25) is 0 Å². The van der Waals surface area contributed by atoms with Gasteiger partial charge in [-0.2, -0.15) is 5.10 Å². The number of hydrogen-bond acceptors (Lipinski definition) is 3. The predicted molar refractivity (Wildman–Crippen MR) is 107 cm³/mol. The number of H-pyrrole nitrogens is 1. The van der Waals surface area contributed by atoms with Crippen molar-refractivity contribution >= 4 is 10.9 Å². The minimum atomic E-state index is -0.696. The minimum Gasteiger partial charge on any atom is -0.385 e. The van der Waals surface area contributed by atoms with Gasteiger partial charge in [0.1, 0.15) is 0 Å². The maximum absolute atomic E-state index is 11.7. The van der Waals surface area contributed by atoms with E-state index in [9.17, 15) is 5.11 Å². The smallest absolute Gasteiger partial charge is 0.0951 e. The number of hydrogen-bond donors (Lipinski definition) is 2. The molecule has 2 N–H and O–H groups in total. The zero-order chi connectivity index (χ0) is 18.3. The van der Waals surface area contributed by atoms with Crippen molar-refractivity contribution in [2.45, 2.75) is 50.3 Å². The van der Waals surface area contributed by atoms with Crippen molar-refractivity contribution in [3.8, 4) is 0 Å². The topological polar surface area (TPSA) is 52.1 Å². The summed E-state index contributed by atoms with van der Waals surface area (Å²) in [5.41, 5.74) is 2.62. The van der Waals surface area contributed by atoms with Crippen LogP contribution in [0.4, 0.5) is 0 Å². The number of para-hydroxylation sites is 1. The van der Waals surface area contributed by atoms with Gasteiger partial charge in [0.05, 0.1) is 16.8 Å². The van der Waals surface area contributed by atoms with Gasteiger partial charge in [0.25, 0.3) is 0 Å². The van der Waals surface area contributed by atoms with E-state index in [-0.39, 0.29) is 0 Å². The van der Waals surface area contributed by atoms with E-state index >= 15 is 0 Å². The SMILES string of the molecule is OC1(c2ccccc2)CCN(Cc2[nH]nc3ccccc23)C2CCCCC21. The molecule has 1 aliphatic heterocycles. The summed E-state index contributed by atoms with van der Waals surface area (Å²) >= 11 is 0. The Morgan fingerprint density at radius 1 is 1.04 bits per heavy atom. The Bertz CT molecular complexity index is 922. The molecule has 2 heterocycles. The third-order valence-corrected chi connectivity index (χ3v) is 6.77. The van der Waals surface area contributed by atoms with Crippen LogP contribution in [0.1, 0.15) is 43.4 Å². The van der Waals surface area contributed by atoms with Crippen LogP contribution in [-0.2, 0) is 12.1 Å². The van der Waals surface area contributed by atoms with Crippen molar-refractivity contribution in [2.24, 2.45) is 5.92 Å². The molecule has 3 atom stereocenters. The molecule has 0 bridgehead atoms. The van der Waals surface area contributed by atoms with E-state index in [1.165, 1.54) is 30.3 Å². The first-order valence-electron chi connectivity index (χ1n) is 10.2. The first-order chi connectivity index (χ1) is 13.3. The van der Waals surface area contributed by atoms with Gasteiger partial charge in [-0.15, -0.1) is 0 Å². The van der Waals surface area contributed by atoms with Gasteiger partial charge in [0, 0.05) is 30.4 Å². The van der Waals surface area contributed by atoms with Gasteiger partial charge >= 0.3 is 0 Å². The van der Waals surface area contributed by atoms with E-state index in [1.54, 1.807) is 0 Å². The zero-order valence-corrected chi connectivity index (χ0v) is 15.6. The lowest BCUT2D eigenvalue weighted by atomic mass is 9.66. The van der Waals surface area contributed by atoms with Crippen molar-refractivity contribution in [3.63, 3.8) is 0 Å². The maximum Gasteiger partial charge on any atom is 0.0951 e. The van der Waals surface area contributed by atoms with Crippen LogP contribution in [0.2, 0.25) is 0 Å². The highest BCUT2D eigenvalue weighted by Gasteiger charge is 2.49. The first kappa shape index (κ1) is 17.0. The number of benzene rings is 2. The Balaban J connectivity index is 1.45. The number of aromatic amines is 1. The number of aliphatic hydroxyl groups is 1. The highest BCUT2D eigenvalue weighted by atomic mass is 16.3. The lowest BCUT2D eigenvalue weighted by Gasteiger charge is -2.52. The fourth-order valence-electron chi connectivity index (χ4n) is 5.39. The summed E-state index contributed by atoms with van der Waals surface area (Å²) < 4.78 is 0. The lowest BCUT2D eigenvalue weighted by Crippen LogP contribution is -2.57. The molecular formula is C23H27N3O. The molecule has 1 aromatic heterocycles. The number of nitrogens with one attached hydrogen (secondary N) is 1. The Morgan fingerprint density at radius 2 is 1.81 bits per heavy atom. The van der Waals surface area contributed by atoms with Crippen LogP contribution in [0, 0.1) is 5.92 Å². The largest absolute Gasteiger partial charge is 0.385 e. The molecule has 27 heavy (non-hydrogen) atoms. The van der Waals surface area contributed by atoms with Crippen molar-refractivity contribution in [2.75, 3.05) is 6.54 Å². The van der Waals surface area contributed by atoms with Gasteiger partial charge < -0.3 is 5.11 Å². The van der Waals surface area contributed by atoms with Crippen molar-refractivity contribution in [3.05, 3.63) is 65.9 Å². The molecular weight excluding hydrogens is 334 g/mol. The van der Waals surface area contributed by atoms with E-state index in [0.29, 0.717) is 12.0 Å². The number of nitrogens with zero attached hydrogens (tertiary/aromatic N) is 2. The van der Waals surface area contributed by atoms with Crippen molar-refractivity contribution in [1.29, 1.82) is 0 Å². The van der Waals surface area contributed by atoms with Crippen LogP contribution >= 0.6 is 0 Å². The van der Waals surface area contributed by atoms with Crippen LogP contribution in [0.5, 0.6) is 0 Å². The third-order valence-electron chi connectivity index (χ3n) is 6.77. The second kappa shape index (κ2) is 6.77. The molecule has 1 saturated heterocycles. The highest BCUT2D eigenvalue weighted by Crippen LogP contribution is 2.47. The van der Waals surface area contributed by atoms with Crippen LogP contribution in [-0.4, -0.2) is 32.8 Å². The molecule has 4 heteroatoms. The van der Waals surface area contributed by atoms with E-state index < -0.39 is 5.60 Å². The normalized spacial score (nSPS) is 28.9. The quantitative estimate of drug-likeness (QED) is 0.734. The fraction of sp³-hybridized carbons (Fsp3) is 0.435. The summed E-state index contributed by atoms with van der Waals surface area (Å²) in [5, 5.41) is 20.6. The van der Waals surface area contributed by atoms with Gasteiger partial charge in [-0.1, -0.05) is 61.4 Å². The Labute approximate surface area is 160 Å². The average molecular weight is 361 g/mol. The number of aromatic nitrogens is 2. The predicted octanol–water partition coefficient (Wildman–Crippen LogP) is 4.22. The Morgan fingerprint density at radius 3 is 2.70 bits per heavy atom. The van der Waals surface area contributed by atoms with Crippen LogP contribution < -0.4 is 0 Å².